The van der Waals surface area contributed by atoms with Gasteiger partial charge in [0, 0.05) is 30.1 Å². The Kier molecular flexibility index (Phi) is 8.90. The Bertz CT molecular complexity index is 1580. The lowest BCUT2D eigenvalue weighted by Gasteiger charge is -2.20. The zero-order valence-corrected chi connectivity index (χ0v) is 22.7. The van der Waals surface area contributed by atoms with Crippen molar-refractivity contribution in [3.63, 3.8) is 0 Å². The number of nitrogens with one attached hydrogen (secondary N) is 3. The maximum atomic E-state index is 12.9. The van der Waals surface area contributed by atoms with E-state index in [1.54, 1.807) is 36.3 Å². The number of hydrogen-bond acceptors (Lipinski definition) is 6. The SMILES string of the molecule is COc1ccccc1CCC(=O)NCC(Cc1c[nH]c2ccccc12)NC(=O)COc1ccc(-n2ccnn2)cc1. The quantitative estimate of drug-likeness (QED) is 0.205. The van der Waals surface area contributed by atoms with Crippen molar-refractivity contribution in [1.29, 1.82) is 0 Å². The fraction of sp³-hybridized carbons (Fsp3) is 0.226. The summed E-state index contributed by atoms with van der Waals surface area (Å²) in [6.45, 7) is 0.122. The molecule has 2 amide bonds. The number of fused-ring (bicyclic) bond motifs is 1. The molecule has 10 nitrogen and oxygen atoms in total. The fourth-order valence-corrected chi connectivity index (χ4v) is 4.68. The van der Waals surface area contributed by atoms with Crippen LogP contribution in [0.2, 0.25) is 0 Å². The largest absolute Gasteiger partial charge is 0.496 e. The van der Waals surface area contributed by atoms with Crippen molar-refractivity contribution in [2.75, 3.05) is 20.3 Å². The lowest BCUT2D eigenvalue weighted by atomic mass is 10.0. The number of para-hydroxylation sites is 2. The summed E-state index contributed by atoms with van der Waals surface area (Å²) < 4.78 is 12.7. The van der Waals surface area contributed by atoms with Crippen LogP contribution < -0.4 is 20.1 Å². The smallest absolute Gasteiger partial charge is 0.258 e. The molecule has 0 saturated heterocycles. The molecule has 0 aliphatic heterocycles. The van der Waals surface area contributed by atoms with Crippen molar-refractivity contribution >= 4 is 22.7 Å². The summed E-state index contributed by atoms with van der Waals surface area (Å²) in [4.78, 5) is 28.9. The van der Waals surface area contributed by atoms with E-state index in [0.717, 1.165) is 33.5 Å². The normalized spacial score (nSPS) is 11.6. The highest BCUT2D eigenvalue weighted by Crippen LogP contribution is 2.20. The average molecular weight is 553 g/mol. The molecule has 0 aliphatic carbocycles. The fourth-order valence-electron chi connectivity index (χ4n) is 4.68. The molecule has 1 unspecified atom stereocenters. The molecule has 210 valence electrons. The summed E-state index contributed by atoms with van der Waals surface area (Å²) in [5.74, 6) is 0.941. The number of methoxy groups -OCH3 is 1. The van der Waals surface area contributed by atoms with Crippen LogP contribution in [0.4, 0.5) is 0 Å². The average Bonchev–Trinajstić information content (AvgIpc) is 3.69. The third kappa shape index (κ3) is 7.30. The van der Waals surface area contributed by atoms with E-state index in [-0.39, 0.29) is 31.0 Å². The number of benzene rings is 3. The van der Waals surface area contributed by atoms with Crippen LogP contribution >= 0.6 is 0 Å². The predicted molar refractivity (Wildman–Crippen MR) is 155 cm³/mol. The molecule has 41 heavy (non-hydrogen) atoms. The van der Waals surface area contributed by atoms with Crippen LogP contribution in [0.3, 0.4) is 0 Å². The van der Waals surface area contributed by atoms with Crippen molar-refractivity contribution < 1.29 is 19.1 Å². The van der Waals surface area contributed by atoms with Crippen molar-refractivity contribution in [1.82, 2.24) is 30.6 Å². The molecule has 2 heterocycles. The number of hydrogen-bond donors (Lipinski definition) is 3. The van der Waals surface area contributed by atoms with Crippen LogP contribution in [-0.4, -0.2) is 58.1 Å². The molecule has 0 aliphatic rings. The Balaban J connectivity index is 1.18. The van der Waals surface area contributed by atoms with Gasteiger partial charge >= 0.3 is 0 Å². The summed E-state index contributed by atoms with van der Waals surface area (Å²) in [7, 11) is 1.62. The van der Waals surface area contributed by atoms with Gasteiger partial charge in [0.1, 0.15) is 11.5 Å². The number of carbonyl (C=O) groups excluding carboxylic acids is 2. The van der Waals surface area contributed by atoms with Gasteiger partial charge < -0.3 is 25.1 Å². The second kappa shape index (κ2) is 13.3. The Morgan fingerprint density at radius 1 is 0.976 bits per heavy atom. The number of H-pyrrole nitrogens is 1. The first kappa shape index (κ1) is 27.4. The van der Waals surface area contributed by atoms with Gasteiger partial charge in [0.05, 0.1) is 31.2 Å². The molecule has 0 spiro atoms. The van der Waals surface area contributed by atoms with Crippen molar-refractivity contribution in [3.8, 4) is 17.2 Å². The molecule has 0 fully saturated rings. The number of ether oxygens (including phenoxy) is 2. The molecule has 10 heteroatoms. The molecule has 0 saturated carbocycles. The molecule has 2 aromatic heterocycles. The molecule has 1 atom stereocenters. The second-order valence-electron chi connectivity index (χ2n) is 9.57. The van der Waals surface area contributed by atoms with Gasteiger partial charge in [-0.05, 0) is 60.4 Å². The second-order valence-corrected chi connectivity index (χ2v) is 9.57. The number of rotatable bonds is 13. The van der Waals surface area contributed by atoms with Gasteiger partial charge in [-0.15, -0.1) is 5.10 Å². The zero-order chi connectivity index (χ0) is 28.4. The zero-order valence-electron chi connectivity index (χ0n) is 22.7. The molecule has 0 bridgehead atoms. The Morgan fingerprint density at radius 3 is 2.59 bits per heavy atom. The van der Waals surface area contributed by atoms with E-state index in [4.69, 9.17) is 9.47 Å². The minimum Gasteiger partial charge on any atom is -0.496 e. The molecule has 0 radical (unpaired) electrons. The maximum Gasteiger partial charge on any atom is 0.258 e. The lowest BCUT2D eigenvalue weighted by molar-refractivity contribution is -0.125. The summed E-state index contributed by atoms with van der Waals surface area (Å²) in [5.41, 5.74) is 3.88. The van der Waals surface area contributed by atoms with Crippen molar-refractivity contribution in [3.05, 3.63) is 103 Å². The lowest BCUT2D eigenvalue weighted by Crippen LogP contribution is -2.46. The number of amides is 2. The summed E-state index contributed by atoms with van der Waals surface area (Å²) in [5, 5.41) is 14.9. The Morgan fingerprint density at radius 2 is 1.78 bits per heavy atom. The van der Waals surface area contributed by atoms with Crippen LogP contribution in [0.1, 0.15) is 17.5 Å². The van der Waals surface area contributed by atoms with Gasteiger partial charge in [0.2, 0.25) is 5.91 Å². The van der Waals surface area contributed by atoms with Crippen LogP contribution in [0.5, 0.6) is 11.5 Å². The van der Waals surface area contributed by atoms with Gasteiger partial charge in [0.25, 0.3) is 5.91 Å². The first-order chi connectivity index (χ1) is 20.1. The third-order valence-corrected chi connectivity index (χ3v) is 6.76. The van der Waals surface area contributed by atoms with Crippen LogP contribution in [0, 0.1) is 0 Å². The van der Waals surface area contributed by atoms with E-state index >= 15 is 0 Å². The standard InChI is InChI=1S/C31H32N6O4/c1-40-29-9-5-2-6-22(29)10-15-30(38)33-20-24(18-23-19-32-28-8-4-3-7-27(23)28)35-31(39)21-41-26-13-11-25(12-14-26)37-17-16-34-36-37/h2-9,11-14,16-17,19,24,32H,10,15,18,20-21H2,1H3,(H,33,38)(H,35,39). The maximum absolute atomic E-state index is 12.9. The summed E-state index contributed by atoms with van der Waals surface area (Å²) >= 11 is 0. The van der Waals surface area contributed by atoms with Gasteiger partial charge in [-0.3, -0.25) is 9.59 Å². The first-order valence-corrected chi connectivity index (χ1v) is 13.4. The van der Waals surface area contributed by atoms with E-state index in [1.165, 1.54) is 0 Å². The van der Waals surface area contributed by atoms with E-state index in [2.05, 4.69) is 25.9 Å². The van der Waals surface area contributed by atoms with Crippen LogP contribution in [-0.2, 0) is 22.4 Å². The number of aryl methyl sites for hydroxylation is 1. The number of carbonyl (C=O) groups is 2. The minimum absolute atomic E-state index is 0.0993. The molecule has 3 N–H and O–H groups in total. The first-order valence-electron chi connectivity index (χ1n) is 13.4. The topological polar surface area (TPSA) is 123 Å². The van der Waals surface area contributed by atoms with Gasteiger partial charge in [0.15, 0.2) is 6.61 Å². The molecule has 5 aromatic rings. The van der Waals surface area contributed by atoms with Crippen LogP contribution in [0.15, 0.2) is 91.4 Å². The molecule has 3 aromatic carbocycles. The molecular formula is C31H32N6O4. The van der Waals surface area contributed by atoms with Crippen molar-refractivity contribution in [2.24, 2.45) is 0 Å². The summed E-state index contributed by atoms with van der Waals surface area (Å²) in [6.07, 6.45) is 6.69. The number of aromatic nitrogens is 4. The Hall–Kier alpha value is -5.12. The minimum atomic E-state index is -0.338. The van der Waals surface area contributed by atoms with Gasteiger partial charge in [-0.1, -0.05) is 41.6 Å². The Labute approximate surface area is 237 Å². The molecular weight excluding hydrogens is 520 g/mol. The number of nitrogens with zero attached hydrogens (tertiary/aromatic N) is 3. The highest BCUT2D eigenvalue weighted by atomic mass is 16.5. The van der Waals surface area contributed by atoms with Gasteiger partial charge in [-0.25, -0.2) is 4.68 Å². The predicted octanol–water partition coefficient (Wildman–Crippen LogP) is 3.61. The van der Waals surface area contributed by atoms with Crippen molar-refractivity contribution in [2.45, 2.75) is 25.3 Å². The van der Waals surface area contributed by atoms with E-state index in [9.17, 15) is 9.59 Å². The highest BCUT2D eigenvalue weighted by Gasteiger charge is 2.17. The highest BCUT2D eigenvalue weighted by molar-refractivity contribution is 5.83. The van der Waals surface area contributed by atoms with E-state index in [0.29, 0.717) is 25.0 Å². The summed E-state index contributed by atoms with van der Waals surface area (Å²) in [6, 6.07) is 22.5. The molecule has 5 rings (SSSR count). The van der Waals surface area contributed by atoms with E-state index in [1.807, 2.05) is 66.9 Å². The number of aromatic amines is 1. The van der Waals surface area contributed by atoms with Gasteiger partial charge in [-0.2, -0.15) is 0 Å². The third-order valence-electron chi connectivity index (χ3n) is 6.76. The van der Waals surface area contributed by atoms with E-state index < -0.39 is 0 Å². The monoisotopic (exact) mass is 552 g/mol. The van der Waals surface area contributed by atoms with Crippen LogP contribution in [0.25, 0.3) is 16.6 Å².